The molecule has 0 saturated carbocycles. The van der Waals surface area contributed by atoms with Gasteiger partial charge in [-0.05, 0) is 55.3 Å². The van der Waals surface area contributed by atoms with Crippen LogP contribution in [0, 0.1) is 6.92 Å². The molecule has 3 heterocycles. The smallest absolute Gasteiger partial charge is 0.123 e. The van der Waals surface area contributed by atoms with E-state index >= 15 is 0 Å². The third kappa shape index (κ3) is 3.35. The number of hydrogen-bond acceptors (Lipinski definition) is 4. The van der Waals surface area contributed by atoms with E-state index in [0.717, 1.165) is 24.5 Å². The lowest BCUT2D eigenvalue weighted by Crippen LogP contribution is -2.35. The Kier molecular flexibility index (Phi) is 4.47. The van der Waals surface area contributed by atoms with Crippen LogP contribution in [0.2, 0.25) is 0 Å². The molecule has 1 aliphatic rings. The third-order valence-electron chi connectivity index (χ3n) is 5.01. The molecule has 0 saturated heterocycles. The zero-order chi connectivity index (χ0) is 18.1. The van der Waals surface area contributed by atoms with Crippen LogP contribution in [0.15, 0.2) is 48.8 Å². The molecule has 5 nitrogen and oxygen atoms in total. The summed E-state index contributed by atoms with van der Waals surface area (Å²) in [6.07, 6.45) is 3.66. The molecule has 0 radical (unpaired) electrons. The first-order valence-electron chi connectivity index (χ1n) is 9.00. The van der Waals surface area contributed by atoms with E-state index in [1.54, 1.807) is 0 Å². The lowest BCUT2D eigenvalue weighted by molar-refractivity contribution is 0.148. The summed E-state index contributed by atoms with van der Waals surface area (Å²) >= 11 is 0. The molecule has 1 aromatic carbocycles. The number of ether oxygens (including phenoxy) is 1. The molecular weight excluding hydrogens is 324 g/mol. The van der Waals surface area contributed by atoms with Gasteiger partial charge in [0.25, 0.3) is 0 Å². The summed E-state index contributed by atoms with van der Waals surface area (Å²) in [7, 11) is 2.01. The van der Waals surface area contributed by atoms with E-state index in [0.29, 0.717) is 12.6 Å². The molecule has 134 valence electrons. The summed E-state index contributed by atoms with van der Waals surface area (Å²) in [5, 5.41) is 4.48. The highest BCUT2D eigenvalue weighted by atomic mass is 16.5. The van der Waals surface area contributed by atoms with Crippen molar-refractivity contribution in [3.63, 3.8) is 0 Å². The molecule has 0 fully saturated rings. The van der Waals surface area contributed by atoms with Crippen LogP contribution in [0.1, 0.15) is 23.9 Å². The van der Waals surface area contributed by atoms with Crippen molar-refractivity contribution in [3.05, 3.63) is 65.7 Å². The monoisotopic (exact) mass is 348 g/mol. The van der Waals surface area contributed by atoms with Gasteiger partial charge in [-0.1, -0.05) is 6.07 Å². The van der Waals surface area contributed by atoms with Crippen molar-refractivity contribution in [2.75, 3.05) is 6.61 Å². The van der Waals surface area contributed by atoms with Crippen molar-refractivity contribution >= 4 is 0 Å². The zero-order valence-electron chi connectivity index (χ0n) is 15.5. The van der Waals surface area contributed by atoms with E-state index in [2.05, 4.69) is 46.2 Å². The predicted octanol–water partition coefficient (Wildman–Crippen LogP) is 3.57. The minimum absolute atomic E-state index is 0.335. The summed E-state index contributed by atoms with van der Waals surface area (Å²) in [6.45, 7) is 6.67. The first-order valence-corrected chi connectivity index (χ1v) is 9.00. The van der Waals surface area contributed by atoms with Gasteiger partial charge in [0, 0.05) is 44.1 Å². The van der Waals surface area contributed by atoms with E-state index in [1.165, 1.54) is 22.4 Å². The van der Waals surface area contributed by atoms with Crippen LogP contribution in [0.4, 0.5) is 0 Å². The second kappa shape index (κ2) is 6.92. The normalized spacial score (nSPS) is 17.4. The fourth-order valence-corrected chi connectivity index (χ4v) is 3.49. The Labute approximate surface area is 154 Å². The van der Waals surface area contributed by atoms with Gasteiger partial charge < -0.3 is 4.74 Å². The topological polar surface area (TPSA) is 43.2 Å². The van der Waals surface area contributed by atoms with Crippen molar-refractivity contribution in [1.29, 1.82) is 0 Å². The second-order valence-electron chi connectivity index (χ2n) is 7.02. The Bertz CT molecular complexity index is 904. The maximum atomic E-state index is 6.08. The molecule has 0 spiro atoms. The van der Waals surface area contributed by atoms with Crippen LogP contribution in [-0.2, 0) is 20.1 Å². The first kappa shape index (κ1) is 16.8. The lowest BCUT2D eigenvalue weighted by Gasteiger charge is -2.26. The highest BCUT2D eigenvalue weighted by Crippen LogP contribution is 2.30. The van der Waals surface area contributed by atoms with E-state index < -0.39 is 0 Å². The number of benzene rings is 1. The van der Waals surface area contributed by atoms with Crippen LogP contribution in [-0.4, -0.2) is 32.3 Å². The molecule has 0 bridgehead atoms. The molecule has 4 rings (SSSR count). The highest BCUT2D eigenvalue weighted by molar-refractivity contribution is 5.65. The molecule has 3 aromatic rings. The Morgan fingerprint density at radius 2 is 1.92 bits per heavy atom. The second-order valence-corrected chi connectivity index (χ2v) is 7.02. The number of fused-ring (bicyclic) bond motifs is 1. The van der Waals surface area contributed by atoms with E-state index in [9.17, 15) is 0 Å². The van der Waals surface area contributed by atoms with Gasteiger partial charge in [0.2, 0.25) is 0 Å². The van der Waals surface area contributed by atoms with Crippen LogP contribution >= 0.6 is 0 Å². The van der Waals surface area contributed by atoms with E-state index in [-0.39, 0.29) is 0 Å². The molecule has 0 N–H and O–H groups in total. The summed E-state index contributed by atoms with van der Waals surface area (Å²) in [5.74, 6) is 0.985. The molecule has 0 unspecified atom stereocenters. The average molecular weight is 348 g/mol. The molecule has 1 atom stereocenters. The van der Waals surface area contributed by atoms with Crippen molar-refractivity contribution in [1.82, 2.24) is 19.7 Å². The largest absolute Gasteiger partial charge is 0.492 e. The minimum Gasteiger partial charge on any atom is -0.492 e. The van der Waals surface area contributed by atoms with E-state index in [1.807, 2.05) is 43.2 Å². The quantitative estimate of drug-likeness (QED) is 0.726. The van der Waals surface area contributed by atoms with Crippen LogP contribution in [0.25, 0.3) is 11.1 Å². The zero-order valence-corrected chi connectivity index (χ0v) is 15.5. The van der Waals surface area contributed by atoms with Crippen molar-refractivity contribution in [2.24, 2.45) is 7.05 Å². The third-order valence-corrected chi connectivity index (χ3v) is 5.01. The Morgan fingerprint density at radius 1 is 1.12 bits per heavy atom. The van der Waals surface area contributed by atoms with Gasteiger partial charge in [-0.3, -0.25) is 14.6 Å². The minimum atomic E-state index is 0.335. The number of nitrogens with zero attached hydrogens (tertiary/aromatic N) is 4. The Hall–Kier alpha value is -2.66. The van der Waals surface area contributed by atoms with Crippen LogP contribution in [0.3, 0.4) is 0 Å². The van der Waals surface area contributed by atoms with Crippen LogP contribution in [0.5, 0.6) is 5.75 Å². The van der Waals surface area contributed by atoms with Gasteiger partial charge in [0.05, 0.1) is 11.4 Å². The fraction of sp³-hybridized carbons (Fsp3) is 0.333. The number of rotatable bonds is 3. The summed E-state index contributed by atoms with van der Waals surface area (Å²) in [4.78, 5) is 6.57. The van der Waals surface area contributed by atoms with Crippen molar-refractivity contribution < 1.29 is 4.74 Å². The maximum absolute atomic E-state index is 6.08. The maximum Gasteiger partial charge on any atom is 0.123 e. The van der Waals surface area contributed by atoms with Crippen molar-refractivity contribution in [2.45, 2.75) is 33.0 Å². The molecule has 26 heavy (non-hydrogen) atoms. The van der Waals surface area contributed by atoms with Crippen LogP contribution < -0.4 is 4.74 Å². The van der Waals surface area contributed by atoms with Crippen molar-refractivity contribution in [3.8, 4) is 16.9 Å². The molecule has 5 heteroatoms. The molecule has 0 aliphatic carbocycles. The number of hydrogen-bond donors (Lipinski definition) is 0. The van der Waals surface area contributed by atoms with Gasteiger partial charge in [0.15, 0.2) is 0 Å². The lowest BCUT2D eigenvalue weighted by atomic mass is 10.0. The summed E-state index contributed by atoms with van der Waals surface area (Å²) in [6, 6.07) is 13.0. The van der Waals surface area contributed by atoms with Gasteiger partial charge in [0.1, 0.15) is 12.4 Å². The molecular formula is C21H24N4O. The SMILES string of the molecule is Cc1cc(CN2Cc3cc(-c4ccncc4)ccc3OC[C@@H]2C)n(C)n1. The Balaban J connectivity index is 1.63. The molecule has 1 aliphatic heterocycles. The predicted molar refractivity (Wildman–Crippen MR) is 102 cm³/mol. The van der Waals surface area contributed by atoms with Gasteiger partial charge in [-0.15, -0.1) is 0 Å². The van der Waals surface area contributed by atoms with Gasteiger partial charge in [-0.25, -0.2) is 0 Å². The van der Waals surface area contributed by atoms with Gasteiger partial charge in [-0.2, -0.15) is 5.10 Å². The molecule has 2 aromatic heterocycles. The van der Waals surface area contributed by atoms with E-state index in [4.69, 9.17) is 4.74 Å². The summed E-state index contributed by atoms with van der Waals surface area (Å²) in [5.41, 5.74) is 5.88. The standard InChI is InChI=1S/C21H24N4O/c1-15-10-20(24(3)23-15)13-25-12-19-11-18(17-6-8-22-9-7-17)4-5-21(19)26-14-16(25)2/h4-11,16H,12-14H2,1-3H3/t16-/m0/s1. The average Bonchev–Trinajstić information content (AvgIpc) is 2.88. The fourth-order valence-electron chi connectivity index (χ4n) is 3.49. The number of aryl methyl sites for hydroxylation is 2. The molecule has 0 amide bonds. The first-order chi connectivity index (χ1) is 12.6. The number of aromatic nitrogens is 3. The van der Waals surface area contributed by atoms with Gasteiger partial charge >= 0.3 is 0 Å². The summed E-state index contributed by atoms with van der Waals surface area (Å²) < 4.78 is 8.05. The number of pyridine rings is 1. The Morgan fingerprint density at radius 3 is 2.65 bits per heavy atom. The highest BCUT2D eigenvalue weighted by Gasteiger charge is 2.23.